The van der Waals surface area contributed by atoms with Crippen LogP contribution in [0.3, 0.4) is 0 Å². The highest BCUT2D eigenvalue weighted by Gasteiger charge is 2.29. The van der Waals surface area contributed by atoms with E-state index in [9.17, 15) is 4.79 Å². The van der Waals surface area contributed by atoms with Gasteiger partial charge in [0.2, 0.25) is 5.91 Å². The summed E-state index contributed by atoms with van der Waals surface area (Å²) < 4.78 is 10.7. The van der Waals surface area contributed by atoms with E-state index in [0.717, 1.165) is 30.8 Å². The van der Waals surface area contributed by atoms with Crippen LogP contribution in [-0.4, -0.2) is 56.3 Å². The Labute approximate surface area is 150 Å². The van der Waals surface area contributed by atoms with Crippen LogP contribution in [0, 0.1) is 0 Å². The number of benzene rings is 1. The molecule has 25 heavy (non-hydrogen) atoms. The highest BCUT2D eigenvalue weighted by atomic mass is 16.5. The van der Waals surface area contributed by atoms with Crippen LogP contribution in [0.5, 0.6) is 5.75 Å². The van der Waals surface area contributed by atoms with E-state index in [-0.39, 0.29) is 11.9 Å². The first kappa shape index (κ1) is 19.7. The van der Waals surface area contributed by atoms with Crippen LogP contribution in [0.1, 0.15) is 38.3 Å². The van der Waals surface area contributed by atoms with Crippen LogP contribution in [0.15, 0.2) is 24.3 Å². The van der Waals surface area contributed by atoms with Crippen molar-refractivity contribution >= 4 is 5.91 Å². The SMILES string of the molecule is CCCC(C)(N)C(=O)NCC(c1ccc(OC)cc1)N1CCOCC1. The van der Waals surface area contributed by atoms with Crippen LogP contribution in [0.25, 0.3) is 0 Å². The van der Waals surface area contributed by atoms with Gasteiger partial charge in [0.15, 0.2) is 0 Å². The molecule has 2 rings (SSSR count). The van der Waals surface area contributed by atoms with Crippen molar-refractivity contribution in [2.75, 3.05) is 40.0 Å². The zero-order valence-corrected chi connectivity index (χ0v) is 15.6. The molecule has 0 spiro atoms. The van der Waals surface area contributed by atoms with E-state index in [1.165, 1.54) is 0 Å². The molecule has 1 heterocycles. The predicted molar refractivity (Wildman–Crippen MR) is 98.6 cm³/mol. The molecule has 1 aromatic rings. The minimum atomic E-state index is -0.829. The summed E-state index contributed by atoms with van der Waals surface area (Å²) >= 11 is 0. The van der Waals surface area contributed by atoms with Gasteiger partial charge in [0.05, 0.1) is 31.9 Å². The highest BCUT2D eigenvalue weighted by molar-refractivity contribution is 5.85. The number of rotatable bonds is 8. The van der Waals surface area contributed by atoms with Gasteiger partial charge in [0.25, 0.3) is 0 Å². The molecule has 1 aromatic carbocycles. The van der Waals surface area contributed by atoms with Gasteiger partial charge >= 0.3 is 0 Å². The Bertz CT molecular complexity index is 539. The van der Waals surface area contributed by atoms with E-state index in [0.29, 0.717) is 26.2 Å². The van der Waals surface area contributed by atoms with Gasteiger partial charge in [-0.3, -0.25) is 9.69 Å². The molecule has 1 amide bonds. The summed E-state index contributed by atoms with van der Waals surface area (Å²) in [6.45, 7) is 7.48. The molecule has 2 unspecified atom stereocenters. The molecule has 0 aromatic heterocycles. The molecule has 0 aliphatic carbocycles. The van der Waals surface area contributed by atoms with Crippen molar-refractivity contribution in [1.82, 2.24) is 10.2 Å². The monoisotopic (exact) mass is 349 g/mol. The summed E-state index contributed by atoms with van der Waals surface area (Å²) in [7, 11) is 1.66. The van der Waals surface area contributed by atoms with Gasteiger partial charge in [-0.25, -0.2) is 0 Å². The summed E-state index contributed by atoms with van der Waals surface area (Å²) in [5.41, 5.74) is 6.47. The van der Waals surface area contributed by atoms with Gasteiger partial charge in [-0.1, -0.05) is 25.5 Å². The summed E-state index contributed by atoms with van der Waals surface area (Å²) in [6.07, 6.45) is 1.55. The van der Waals surface area contributed by atoms with Crippen molar-refractivity contribution in [3.8, 4) is 5.75 Å². The molecule has 1 aliphatic heterocycles. The fraction of sp³-hybridized carbons (Fsp3) is 0.632. The zero-order valence-electron chi connectivity index (χ0n) is 15.6. The largest absolute Gasteiger partial charge is 0.497 e. The van der Waals surface area contributed by atoms with Gasteiger partial charge in [-0.05, 0) is 31.0 Å². The number of ether oxygens (including phenoxy) is 2. The lowest BCUT2D eigenvalue weighted by Crippen LogP contribution is -2.53. The molecule has 0 radical (unpaired) electrons. The van der Waals surface area contributed by atoms with Crippen molar-refractivity contribution < 1.29 is 14.3 Å². The smallest absolute Gasteiger partial charge is 0.239 e. The normalized spacial score (nSPS) is 19.0. The number of nitrogens with zero attached hydrogens (tertiary/aromatic N) is 1. The number of amides is 1. The minimum Gasteiger partial charge on any atom is -0.497 e. The number of methoxy groups -OCH3 is 1. The van der Waals surface area contributed by atoms with E-state index in [2.05, 4.69) is 22.3 Å². The molecule has 0 saturated carbocycles. The van der Waals surface area contributed by atoms with Crippen LogP contribution in [-0.2, 0) is 9.53 Å². The Morgan fingerprint density at radius 1 is 1.36 bits per heavy atom. The van der Waals surface area contributed by atoms with E-state index in [1.54, 1.807) is 14.0 Å². The van der Waals surface area contributed by atoms with E-state index in [4.69, 9.17) is 15.2 Å². The molecule has 2 atom stereocenters. The molecule has 0 bridgehead atoms. The van der Waals surface area contributed by atoms with Crippen molar-refractivity contribution in [3.63, 3.8) is 0 Å². The number of morpholine rings is 1. The first-order valence-electron chi connectivity index (χ1n) is 9.01. The third-order valence-electron chi connectivity index (χ3n) is 4.73. The number of nitrogens with two attached hydrogens (primary N) is 1. The Balaban J connectivity index is 2.09. The number of carbonyl (C=O) groups is 1. The van der Waals surface area contributed by atoms with Gasteiger partial charge in [-0.2, -0.15) is 0 Å². The average molecular weight is 349 g/mol. The second-order valence-electron chi connectivity index (χ2n) is 6.81. The topological polar surface area (TPSA) is 76.8 Å². The van der Waals surface area contributed by atoms with Gasteiger partial charge in [0, 0.05) is 19.6 Å². The first-order chi connectivity index (χ1) is 12.0. The van der Waals surface area contributed by atoms with Gasteiger partial charge in [-0.15, -0.1) is 0 Å². The maximum absolute atomic E-state index is 12.5. The summed E-state index contributed by atoms with van der Waals surface area (Å²) in [5, 5.41) is 3.05. The van der Waals surface area contributed by atoms with Gasteiger partial charge in [0.1, 0.15) is 5.75 Å². The number of hydrogen-bond acceptors (Lipinski definition) is 5. The first-order valence-corrected chi connectivity index (χ1v) is 9.01. The standard InChI is InChI=1S/C19H31N3O3/c1-4-9-19(2,20)18(23)21-14-17(22-10-12-25-13-11-22)15-5-7-16(24-3)8-6-15/h5-8,17H,4,9-14,20H2,1-3H3,(H,21,23). The van der Waals surface area contributed by atoms with Crippen molar-refractivity contribution in [3.05, 3.63) is 29.8 Å². The lowest BCUT2D eigenvalue weighted by atomic mass is 9.96. The second kappa shape index (κ2) is 9.17. The molecule has 6 nitrogen and oxygen atoms in total. The molecule has 1 saturated heterocycles. The van der Waals surface area contributed by atoms with Crippen molar-refractivity contribution in [1.29, 1.82) is 0 Å². The van der Waals surface area contributed by atoms with Crippen LogP contribution in [0.4, 0.5) is 0 Å². The summed E-state index contributed by atoms with van der Waals surface area (Å²) in [5.74, 6) is 0.729. The second-order valence-corrected chi connectivity index (χ2v) is 6.81. The molecule has 6 heteroatoms. The average Bonchev–Trinajstić information content (AvgIpc) is 2.63. The molecule has 3 N–H and O–H groups in total. The molecule has 1 aliphatic rings. The van der Waals surface area contributed by atoms with Gasteiger partial charge < -0.3 is 20.5 Å². The zero-order chi connectivity index (χ0) is 18.3. The minimum absolute atomic E-state index is 0.0937. The Morgan fingerprint density at radius 3 is 2.56 bits per heavy atom. The highest BCUT2D eigenvalue weighted by Crippen LogP contribution is 2.24. The summed E-state index contributed by atoms with van der Waals surface area (Å²) in [4.78, 5) is 14.8. The maximum Gasteiger partial charge on any atom is 0.239 e. The maximum atomic E-state index is 12.5. The van der Waals surface area contributed by atoms with Crippen LogP contribution < -0.4 is 15.8 Å². The fourth-order valence-corrected chi connectivity index (χ4v) is 3.20. The molecular weight excluding hydrogens is 318 g/mol. The lowest BCUT2D eigenvalue weighted by Gasteiger charge is -2.35. The molecular formula is C19H31N3O3. The number of hydrogen-bond donors (Lipinski definition) is 2. The lowest BCUT2D eigenvalue weighted by molar-refractivity contribution is -0.126. The Kier molecular flexibility index (Phi) is 7.23. The third kappa shape index (κ3) is 5.42. The Hall–Kier alpha value is -1.63. The van der Waals surface area contributed by atoms with Crippen LogP contribution in [0.2, 0.25) is 0 Å². The summed E-state index contributed by atoms with van der Waals surface area (Å²) in [6, 6.07) is 8.11. The molecule has 1 fully saturated rings. The number of carbonyl (C=O) groups excluding carboxylic acids is 1. The molecule has 140 valence electrons. The predicted octanol–water partition coefficient (Wildman–Crippen LogP) is 1.70. The number of nitrogens with one attached hydrogen (secondary N) is 1. The quantitative estimate of drug-likeness (QED) is 0.747. The van der Waals surface area contributed by atoms with Crippen LogP contribution >= 0.6 is 0 Å². The van der Waals surface area contributed by atoms with Crippen molar-refractivity contribution in [2.45, 2.75) is 38.3 Å². The van der Waals surface area contributed by atoms with E-state index >= 15 is 0 Å². The van der Waals surface area contributed by atoms with E-state index < -0.39 is 5.54 Å². The fourth-order valence-electron chi connectivity index (χ4n) is 3.20. The third-order valence-corrected chi connectivity index (χ3v) is 4.73. The van der Waals surface area contributed by atoms with Crippen molar-refractivity contribution in [2.24, 2.45) is 5.73 Å². The Morgan fingerprint density at radius 2 is 2.00 bits per heavy atom. The van der Waals surface area contributed by atoms with E-state index in [1.807, 2.05) is 19.1 Å².